The number of halogens is 3. The predicted octanol–water partition coefficient (Wildman–Crippen LogP) is 5.45. The van der Waals surface area contributed by atoms with Gasteiger partial charge >= 0.3 is 12.3 Å². The zero-order valence-corrected chi connectivity index (χ0v) is 21.4. The van der Waals surface area contributed by atoms with Crippen LogP contribution >= 0.6 is 0 Å². The molecule has 1 aliphatic carbocycles. The molecular formula is C28H32F3N3O4. The molecule has 4 atom stereocenters. The van der Waals surface area contributed by atoms with Crippen LogP contribution in [0.2, 0.25) is 0 Å². The van der Waals surface area contributed by atoms with E-state index in [1.54, 1.807) is 6.92 Å². The highest BCUT2D eigenvalue weighted by Gasteiger charge is 2.47. The minimum absolute atomic E-state index is 0.0515. The molecule has 10 heteroatoms. The standard InChI is InChI=1S/C28H32F3N3O4/c1-4-37-25(35)16-17(2)32-33-18(3)26-21-8-5-6-10-23(21)34(24-11-7-9-22(24)26)27(36)19-12-14-20(15-13-19)38-28(29,30)31/h5-6,8,10,12-15,18,22,24,26,32-33H,2,4,7,9,11,16H2,1,3H3. The van der Waals surface area contributed by atoms with Crippen molar-refractivity contribution in [2.75, 3.05) is 11.5 Å². The highest BCUT2D eigenvalue weighted by molar-refractivity contribution is 6.07. The van der Waals surface area contributed by atoms with Crippen molar-refractivity contribution >= 4 is 17.6 Å². The van der Waals surface area contributed by atoms with Gasteiger partial charge in [0.1, 0.15) is 5.75 Å². The Morgan fingerprint density at radius 1 is 1.13 bits per heavy atom. The molecule has 0 aromatic heterocycles. The summed E-state index contributed by atoms with van der Waals surface area (Å²) >= 11 is 0. The molecule has 4 unspecified atom stereocenters. The molecule has 1 aliphatic heterocycles. The molecule has 0 bridgehead atoms. The third kappa shape index (κ3) is 6.12. The van der Waals surface area contributed by atoms with Gasteiger partial charge in [0.05, 0.1) is 13.0 Å². The Bertz CT molecular complexity index is 1170. The van der Waals surface area contributed by atoms with Crippen molar-refractivity contribution in [1.29, 1.82) is 0 Å². The molecule has 1 saturated carbocycles. The number of alkyl halides is 3. The zero-order chi connectivity index (χ0) is 27.4. The van der Waals surface area contributed by atoms with E-state index in [9.17, 15) is 22.8 Å². The lowest BCUT2D eigenvalue weighted by atomic mass is 9.74. The summed E-state index contributed by atoms with van der Waals surface area (Å²) in [5, 5.41) is 0. The molecule has 0 spiro atoms. The second kappa shape index (κ2) is 11.5. The maximum absolute atomic E-state index is 13.7. The van der Waals surface area contributed by atoms with E-state index in [1.165, 1.54) is 12.1 Å². The molecule has 2 aliphatic rings. The molecule has 1 heterocycles. The molecule has 7 nitrogen and oxygen atoms in total. The first-order valence-electron chi connectivity index (χ1n) is 12.7. The Labute approximate surface area is 220 Å². The van der Waals surface area contributed by atoms with Gasteiger partial charge in [-0.3, -0.25) is 9.59 Å². The molecule has 204 valence electrons. The van der Waals surface area contributed by atoms with Crippen molar-refractivity contribution < 1.29 is 32.2 Å². The van der Waals surface area contributed by atoms with E-state index in [0.717, 1.165) is 42.6 Å². The van der Waals surface area contributed by atoms with Gasteiger partial charge in [0.25, 0.3) is 5.91 Å². The lowest BCUT2D eigenvalue weighted by molar-refractivity contribution is -0.274. The van der Waals surface area contributed by atoms with Crippen LogP contribution in [0.15, 0.2) is 60.8 Å². The minimum Gasteiger partial charge on any atom is -0.466 e. The van der Waals surface area contributed by atoms with E-state index in [0.29, 0.717) is 17.9 Å². The lowest BCUT2D eigenvalue weighted by Gasteiger charge is -2.46. The van der Waals surface area contributed by atoms with Crippen molar-refractivity contribution in [3.8, 4) is 5.75 Å². The topological polar surface area (TPSA) is 79.9 Å². The number of carbonyl (C=O) groups excluding carboxylic acids is 2. The fourth-order valence-electron chi connectivity index (χ4n) is 5.68. The first-order valence-corrected chi connectivity index (χ1v) is 12.7. The fraction of sp³-hybridized carbons (Fsp3) is 0.429. The van der Waals surface area contributed by atoms with Crippen molar-refractivity contribution in [1.82, 2.24) is 10.9 Å². The monoisotopic (exact) mass is 531 g/mol. The maximum Gasteiger partial charge on any atom is 0.573 e. The summed E-state index contributed by atoms with van der Waals surface area (Å²) in [6, 6.07) is 12.7. The summed E-state index contributed by atoms with van der Waals surface area (Å²) in [5.41, 5.74) is 8.93. The van der Waals surface area contributed by atoms with Crippen molar-refractivity contribution in [2.45, 2.75) is 63.9 Å². The van der Waals surface area contributed by atoms with Crippen LogP contribution in [0.4, 0.5) is 18.9 Å². The molecular weight excluding hydrogens is 499 g/mol. The van der Waals surface area contributed by atoms with Crippen molar-refractivity contribution in [3.05, 3.63) is 71.9 Å². The average Bonchev–Trinajstić information content (AvgIpc) is 3.34. The first kappa shape index (κ1) is 27.5. The van der Waals surface area contributed by atoms with Crippen LogP contribution < -0.4 is 20.5 Å². The quantitative estimate of drug-likeness (QED) is 0.331. The van der Waals surface area contributed by atoms with Crippen molar-refractivity contribution in [2.24, 2.45) is 5.92 Å². The van der Waals surface area contributed by atoms with Gasteiger partial charge < -0.3 is 19.8 Å². The Balaban J connectivity index is 1.56. The van der Waals surface area contributed by atoms with E-state index in [1.807, 2.05) is 29.2 Å². The lowest BCUT2D eigenvalue weighted by Crippen LogP contribution is -2.53. The van der Waals surface area contributed by atoms with Crippen LogP contribution in [0.3, 0.4) is 0 Å². The molecule has 2 N–H and O–H groups in total. The number of hydrogen-bond acceptors (Lipinski definition) is 6. The van der Waals surface area contributed by atoms with E-state index < -0.39 is 6.36 Å². The van der Waals surface area contributed by atoms with Gasteiger partial charge in [-0.1, -0.05) is 31.2 Å². The van der Waals surface area contributed by atoms with Gasteiger partial charge in [-0.05, 0) is 68.5 Å². The second-order valence-electron chi connectivity index (χ2n) is 9.64. The Morgan fingerprint density at radius 2 is 1.84 bits per heavy atom. The summed E-state index contributed by atoms with van der Waals surface area (Å²) in [5.74, 6) is -0.736. The third-order valence-corrected chi connectivity index (χ3v) is 7.11. The maximum atomic E-state index is 13.7. The van der Waals surface area contributed by atoms with E-state index >= 15 is 0 Å². The highest BCUT2D eigenvalue weighted by atomic mass is 19.4. The second-order valence-corrected chi connectivity index (χ2v) is 9.64. The summed E-state index contributed by atoms with van der Waals surface area (Å²) in [7, 11) is 0. The molecule has 1 amide bonds. The van der Waals surface area contributed by atoms with Crippen LogP contribution in [0.25, 0.3) is 0 Å². The molecule has 0 radical (unpaired) electrons. The van der Waals surface area contributed by atoms with Crippen LogP contribution in [0.1, 0.15) is 61.4 Å². The highest BCUT2D eigenvalue weighted by Crippen LogP contribution is 2.50. The number of ether oxygens (including phenoxy) is 2. The molecule has 38 heavy (non-hydrogen) atoms. The number of esters is 1. The summed E-state index contributed by atoms with van der Waals surface area (Å²) in [4.78, 5) is 27.3. The number of hydrogen-bond donors (Lipinski definition) is 2. The largest absolute Gasteiger partial charge is 0.573 e. The molecule has 4 rings (SSSR count). The minimum atomic E-state index is -4.80. The number of hydrazine groups is 1. The average molecular weight is 532 g/mol. The number of nitrogens with one attached hydrogen (secondary N) is 2. The molecule has 2 aromatic carbocycles. The number of carbonyl (C=O) groups is 2. The normalized spacial score (nSPS) is 21.2. The number of nitrogens with zero attached hydrogens (tertiary/aromatic N) is 1. The number of benzene rings is 2. The zero-order valence-electron chi connectivity index (χ0n) is 21.4. The smallest absolute Gasteiger partial charge is 0.466 e. The molecule has 0 saturated heterocycles. The Hall–Kier alpha value is -3.53. The molecule has 2 aromatic rings. The predicted molar refractivity (Wildman–Crippen MR) is 136 cm³/mol. The van der Waals surface area contributed by atoms with Gasteiger partial charge in [-0.2, -0.15) is 0 Å². The van der Waals surface area contributed by atoms with Crippen LogP contribution in [0.5, 0.6) is 5.75 Å². The number of fused-ring (bicyclic) bond motifs is 2. The van der Waals surface area contributed by atoms with E-state index in [-0.39, 0.29) is 48.0 Å². The summed E-state index contributed by atoms with van der Waals surface area (Å²) < 4.78 is 46.6. The Kier molecular flexibility index (Phi) is 8.30. The van der Waals surface area contributed by atoms with Gasteiger partial charge in [0.2, 0.25) is 0 Å². The Morgan fingerprint density at radius 3 is 2.53 bits per heavy atom. The summed E-state index contributed by atoms with van der Waals surface area (Å²) in [6.45, 7) is 8.01. The molecule has 1 fully saturated rings. The number of rotatable bonds is 9. The van der Waals surface area contributed by atoms with Crippen LogP contribution in [-0.2, 0) is 9.53 Å². The summed E-state index contributed by atoms with van der Waals surface area (Å²) in [6.07, 6.45) is -2.03. The van der Waals surface area contributed by atoms with Gasteiger partial charge in [0.15, 0.2) is 0 Å². The number of amides is 1. The SMILES string of the molecule is C=C(CC(=O)OCC)NNC(C)C1c2ccccc2N(C(=O)c2ccc(OC(F)(F)F)cc2)C2CCCC12. The van der Waals surface area contributed by atoms with Gasteiger partial charge in [0, 0.05) is 34.9 Å². The fourth-order valence-corrected chi connectivity index (χ4v) is 5.68. The van der Waals surface area contributed by atoms with E-state index in [2.05, 4.69) is 29.1 Å². The van der Waals surface area contributed by atoms with Gasteiger partial charge in [-0.15, -0.1) is 13.2 Å². The third-order valence-electron chi connectivity index (χ3n) is 7.11. The van der Waals surface area contributed by atoms with Crippen molar-refractivity contribution in [3.63, 3.8) is 0 Å². The number of para-hydroxylation sites is 1. The first-order chi connectivity index (χ1) is 18.1. The van der Waals surface area contributed by atoms with Crippen LogP contribution in [-0.4, -0.2) is 36.9 Å². The van der Waals surface area contributed by atoms with E-state index in [4.69, 9.17) is 4.74 Å². The number of anilines is 1. The van der Waals surface area contributed by atoms with Gasteiger partial charge in [-0.25, -0.2) is 5.43 Å². The van der Waals surface area contributed by atoms with Crippen LogP contribution in [0, 0.1) is 5.92 Å².